The van der Waals surface area contributed by atoms with Gasteiger partial charge in [0.1, 0.15) is 6.07 Å². The molecule has 1 rings (SSSR count). The van der Waals surface area contributed by atoms with Crippen LogP contribution >= 0.6 is 23.7 Å². The third-order valence-electron chi connectivity index (χ3n) is 1.20. The first-order valence-electron chi connectivity index (χ1n) is 2.98. The van der Waals surface area contributed by atoms with Crippen molar-refractivity contribution in [2.75, 3.05) is 0 Å². The maximum Gasteiger partial charge on any atom is 0.100 e. The molecule has 0 aliphatic rings. The van der Waals surface area contributed by atoms with Gasteiger partial charge in [-0.3, -0.25) is 0 Å². The molecule has 60 valence electrons. The lowest BCUT2D eigenvalue weighted by Crippen LogP contribution is -2.01. The fraction of sp³-hybridized carbons (Fsp3) is 0.286. The third kappa shape index (κ3) is 2.51. The van der Waals surface area contributed by atoms with Crippen LogP contribution in [0.2, 0.25) is 0 Å². The average Bonchev–Trinajstić information content (AvgIpc) is 2.34. The summed E-state index contributed by atoms with van der Waals surface area (Å²) in [5.41, 5.74) is 6.29. The molecule has 0 bridgehead atoms. The number of thiophene rings is 1. The van der Waals surface area contributed by atoms with E-state index in [9.17, 15) is 0 Å². The van der Waals surface area contributed by atoms with E-state index in [-0.39, 0.29) is 18.4 Å². The summed E-state index contributed by atoms with van der Waals surface area (Å²) in [7, 11) is 0. The van der Waals surface area contributed by atoms with Crippen molar-refractivity contribution < 1.29 is 0 Å². The minimum absolute atomic E-state index is 0. The monoisotopic (exact) mass is 188 g/mol. The highest BCUT2D eigenvalue weighted by Gasteiger charge is 2.01. The van der Waals surface area contributed by atoms with Crippen molar-refractivity contribution in [2.45, 2.75) is 13.0 Å². The highest BCUT2D eigenvalue weighted by molar-refractivity contribution is 7.10. The van der Waals surface area contributed by atoms with Crippen molar-refractivity contribution in [1.82, 2.24) is 0 Å². The molecule has 11 heavy (non-hydrogen) atoms. The van der Waals surface area contributed by atoms with E-state index in [0.717, 1.165) is 4.88 Å². The van der Waals surface area contributed by atoms with Crippen LogP contribution in [0.4, 0.5) is 0 Å². The minimum Gasteiger partial charge on any atom is -0.324 e. The summed E-state index contributed by atoms with van der Waals surface area (Å²) < 4.78 is 0. The summed E-state index contributed by atoms with van der Waals surface area (Å²) in [6.07, 6.45) is 0. The Labute approximate surface area is 76.1 Å². The molecule has 0 unspecified atom stereocenters. The van der Waals surface area contributed by atoms with Gasteiger partial charge in [-0.05, 0) is 13.0 Å². The second-order valence-corrected chi connectivity index (χ2v) is 3.08. The molecule has 0 saturated heterocycles. The van der Waals surface area contributed by atoms with E-state index in [0.29, 0.717) is 5.56 Å². The van der Waals surface area contributed by atoms with E-state index in [2.05, 4.69) is 6.07 Å². The first kappa shape index (κ1) is 10.4. The van der Waals surface area contributed by atoms with Gasteiger partial charge in [0.25, 0.3) is 0 Å². The van der Waals surface area contributed by atoms with Gasteiger partial charge in [0.15, 0.2) is 0 Å². The van der Waals surface area contributed by atoms with E-state index in [1.54, 1.807) is 0 Å². The molecule has 0 fully saturated rings. The smallest absolute Gasteiger partial charge is 0.100 e. The molecule has 2 N–H and O–H groups in total. The Morgan fingerprint density at radius 3 is 2.64 bits per heavy atom. The molecule has 4 heteroatoms. The lowest BCUT2D eigenvalue weighted by Gasteiger charge is -1.96. The van der Waals surface area contributed by atoms with E-state index >= 15 is 0 Å². The number of nitrogens with two attached hydrogens (primary N) is 1. The zero-order valence-electron chi connectivity index (χ0n) is 6.07. The van der Waals surface area contributed by atoms with E-state index in [1.807, 2.05) is 18.4 Å². The number of nitrogens with zero attached hydrogens (tertiary/aromatic N) is 1. The number of nitriles is 1. The number of rotatable bonds is 1. The predicted octanol–water partition coefficient (Wildman–Crippen LogP) is 2.06. The summed E-state index contributed by atoms with van der Waals surface area (Å²) >= 11 is 1.53. The first-order valence-corrected chi connectivity index (χ1v) is 3.86. The van der Waals surface area contributed by atoms with E-state index in [1.165, 1.54) is 11.3 Å². The third-order valence-corrected chi connectivity index (χ3v) is 2.33. The summed E-state index contributed by atoms with van der Waals surface area (Å²) in [6.45, 7) is 1.91. The molecule has 1 aromatic heterocycles. The van der Waals surface area contributed by atoms with Gasteiger partial charge in [-0.1, -0.05) is 0 Å². The zero-order chi connectivity index (χ0) is 7.56. The molecule has 0 aliphatic heterocycles. The predicted molar refractivity (Wildman–Crippen MR) is 48.9 cm³/mol. The molecule has 0 aromatic carbocycles. The molecule has 0 radical (unpaired) electrons. The lowest BCUT2D eigenvalue weighted by atomic mass is 10.2. The van der Waals surface area contributed by atoms with Crippen LogP contribution in [0, 0.1) is 11.3 Å². The molecule has 1 heterocycles. The largest absolute Gasteiger partial charge is 0.324 e. The topological polar surface area (TPSA) is 49.8 Å². The number of hydrogen-bond donors (Lipinski definition) is 1. The SMILES string of the molecule is C[C@H](N)c1cc(C#N)cs1.Cl. The standard InChI is InChI=1S/C7H8N2S.ClH/c1-5(9)7-2-6(3-8)4-10-7;/h2,4-5H,9H2,1H3;1H/t5-;/m0./s1. The van der Waals surface area contributed by atoms with Gasteiger partial charge in [-0.2, -0.15) is 5.26 Å². The molecular formula is C7H9ClN2S. The maximum absolute atomic E-state index is 8.45. The van der Waals surface area contributed by atoms with Gasteiger partial charge in [-0.25, -0.2) is 0 Å². The van der Waals surface area contributed by atoms with Crippen molar-refractivity contribution in [3.8, 4) is 6.07 Å². The van der Waals surface area contributed by atoms with Gasteiger partial charge in [0.2, 0.25) is 0 Å². The Hall–Kier alpha value is -0.560. The van der Waals surface area contributed by atoms with Crippen molar-refractivity contribution >= 4 is 23.7 Å². The summed E-state index contributed by atoms with van der Waals surface area (Å²) in [4.78, 5) is 1.07. The van der Waals surface area contributed by atoms with Crippen LogP contribution in [-0.2, 0) is 0 Å². The van der Waals surface area contributed by atoms with Gasteiger partial charge in [0, 0.05) is 16.3 Å². The molecule has 0 saturated carbocycles. The van der Waals surface area contributed by atoms with Crippen LogP contribution in [0.1, 0.15) is 23.4 Å². The Bertz CT molecular complexity index is 262. The first-order chi connectivity index (χ1) is 4.74. The quantitative estimate of drug-likeness (QED) is 0.734. The van der Waals surface area contributed by atoms with Crippen LogP contribution in [0.15, 0.2) is 11.4 Å². The number of hydrogen-bond acceptors (Lipinski definition) is 3. The van der Waals surface area contributed by atoms with Gasteiger partial charge in [0.05, 0.1) is 5.56 Å². The fourth-order valence-electron chi connectivity index (χ4n) is 0.650. The van der Waals surface area contributed by atoms with Crippen LogP contribution in [0.3, 0.4) is 0 Å². The number of halogens is 1. The van der Waals surface area contributed by atoms with Gasteiger partial charge >= 0.3 is 0 Å². The molecule has 1 atom stereocenters. The van der Waals surface area contributed by atoms with Crippen molar-refractivity contribution in [3.05, 3.63) is 21.9 Å². The molecule has 1 aromatic rings. The van der Waals surface area contributed by atoms with Crippen molar-refractivity contribution in [3.63, 3.8) is 0 Å². The van der Waals surface area contributed by atoms with Crippen LogP contribution < -0.4 is 5.73 Å². The Kier molecular flexibility index (Phi) is 4.12. The summed E-state index contributed by atoms with van der Waals surface area (Å²) in [6, 6.07) is 3.93. The van der Waals surface area contributed by atoms with Crippen LogP contribution in [0.25, 0.3) is 0 Å². The lowest BCUT2D eigenvalue weighted by molar-refractivity contribution is 0.838. The van der Waals surface area contributed by atoms with Crippen LogP contribution in [-0.4, -0.2) is 0 Å². The zero-order valence-corrected chi connectivity index (χ0v) is 7.71. The molecule has 0 aliphatic carbocycles. The van der Waals surface area contributed by atoms with E-state index in [4.69, 9.17) is 11.0 Å². The highest BCUT2D eigenvalue weighted by atomic mass is 35.5. The molecule has 0 spiro atoms. The second kappa shape index (κ2) is 4.35. The van der Waals surface area contributed by atoms with Crippen molar-refractivity contribution in [2.24, 2.45) is 5.73 Å². The Morgan fingerprint density at radius 1 is 1.73 bits per heavy atom. The van der Waals surface area contributed by atoms with Crippen molar-refractivity contribution in [1.29, 1.82) is 5.26 Å². The average molecular weight is 189 g/mol. The Balaban J connectivity index is 0.000001000. The van der Waals surface area contributed by atoms with Gasteiger partial charge in [-0.15, -0.1) is 23.7 Å². The Morgan fingerprint density at radius 2 is 2.36 bits per heavy atom. The molecule has 0 amide bonds. The molecular weight excluding hydrogens is 180 g/mol. The fourth-order valence-corrected chi connectivity index (χ4v) is 1.44. The van der Waals surface area contributed by atoms with E-state index < -0.39 is 0 Å². The summed E-state index contributed by atoms with van der Waals surface area (Å²) in [5.74, 6) is 0. The second-order valence-electron chi connectivity index (χ2n) is 2.14. The summed E-state index contributed by atoms with van der Waals surface area (Å²) in [5, 5.41) is 10.3. The van der Waals surface area contributed by atoms with Gasteiger partial charge < -0.3 is 5.73 Å². The highest BCUT2D eigenvalue weighted by Crippen LogP contribution is 2.19. The minimum atomic E-state index is 0. The van der Waals surface area contributed by atoms with Crippen LogP contribution in [0.5, 0.6) is 0 Å². The normalized spacial score (nSPS) is 11.4. The molecule has 2 nitrogen and oxygen atoms in total. The maximum atomic E-state index is 8.45.